The molecule has 1 aromatic heterocycles. The van der Waals surface area contributed by atoms with Crippen molar-refractivity contribution in [3.8, 4) is 11.3 Å². The first-order valence-electron chi connectivity index (χ1n) is 9.65. The molecule has 0 atom stereocenters. The number of rotatable bonds is 5. The van der Waals surface area contributed by atoms with Crippen LogP contribution in [0.25, 0.3) is 22.2 Å². The number of nitrogens with two attached hydrogens (primary N) is 1. The maximum Gasteiger partial charge on any atom is 0.252 e. The number of fused-ring (bicyclic) bond motifs is 1. The highest BCUT2D eigenvalue weighted by atomic mass is 16.3. The fourth-order valence-electron chi connectivity index (χ4n) is 3.95. The Balaban J connectivity index is 1.66. The van der Waals surface area contributed by atoms with Crippen LogP contribution in [-0.2, 0) is 0 Å². The van der Waals surface area contributed by atoms with E-state index in [0.29, 0.717) is 30.9 Å². The minimum atomic E-state index is -0.847. The minimum Gasteiger partial charge on any atom is -0.388 e. The van der Waals surface area contributed by atoms with Gasteiger partial charge in [-0.1, -0.05) is 42.0 Å². The fourth-order valence-corrected chi connectivity index (χ4v) is 3.95. The van der Waals surface area contributed by atoms with Gasteiger partial charge in [0.2, 0.25) is 0 Å². The Morgan fingerprint density at radius 3 is 2.68 bits per heavy atom. The van der Waals surface area contributed by atoms with Gasteiger partial charge in [0.1, 0.15) is 0 Å². The lowest BCUT2D eigenvalue weighted by atomic mass is 9.71. The zero-order chi connectivity index (χ0) is 19.7. The van der Waals surface area contributed by atoms with Crippen molar-refractivity contribution in [3.05, 3.63) is 65.7 Å². The molecule has 0 aliphatic heterocycles. The Bertz CT molecular complexity index is 1010. The Morgan fingerprint density at radius 1 is 1.21 bits per heavy atom. The highest BCUT2D eigenvalue weighted by Crippen LogP contribution is 2.36. The number of nitrogens with one attached hydrogen (secondary N) is 1. The van der Waals surface area contributed by atoms with E-state index in [-0.39, 0.29) is 12.5 Å². The molecule has 5 heteroatoms. The van der Waals surface area contributed by atoms with Crippen molar-refractivity contribution in [2.75, 3.05) is 13.1 Å². The van der Waals surface area contributed by atoms with Crippen molar-refractivity contribution in [1.82, 2.24) is 10.3 Å². The van der Waals surface area contributed by atoms with Crippen LogP contribution < -0.4 is 11.1 Å². The molecule has 0 unspecified atom stereocenters. The van der Waals surface area contributed by atoms with Gasteiger partial charge in [0, 0.05) is 17.5 Å². The third-order valence-electron chi connectivity index (χ3n) is 5.53. The standard InChI is InChI=1S/C23H25N3O2/c1-15-7-8-20-18(9-15)19(10-21(26-20)17-5-3-2-4-6-17)22(27)25-14-23(28)11-16(12-23)13-24/h2-10,16,28H,11-14,24H2,1H3,(H,25,27). The molecule has 1 aliphatic carbocycles. The van der Waals surface area contributed by atoms with Crippen LogP contribution in [0.3, 0.4) is 0 Å². The van der Waals surface area contributed by atoms with Crippen LogP contribution in [0.2, 0.25) is 0 Å². The Morgan fingerprint density at radius 2 is 1.96 bits per heavy atom. The number of carbonyl (C=O) groups is 1. The fraction of sp³-hybridized carbons (Fsp3) is 0.304. The van der Waals surface area contributed by atoms with Crippen molar-refractivity contribution in [2.24, 2.45) is 11.7 Å². The van der Waals surface area contributed by atoms with Crippen LogP contribution in [0.4, 0.5) is 0 Å². The molecule has 3 aromatic rings. The summed E-state index contributed by atoms with van der Waals surface area (Å²) in [6, 6.07) is 17.6. The number of aliphatic hydroxyl groups is 1. The van der Waals surface area contributed by atoms with Gasteiger partial charge in [-0.05, 0) is 50.4 Å². The first-order chi connectivity index (χ1) is 13.5. The molecule has 4 rings (SSSR count). The van der Waals surface area contributed by atoms with E-state index >= 15 is 0 Å². The monoisotopic (exact) mass is 375 g/mol. The average molecular weight is 375 g/mol. The first kappa shape index (κ1) is 18.6. The van der Waals surface area contributed by atoms with E-state index in [1.165, 1.54) is 0 Å². The lowest BCUT2D eigenvalue weighted by molar-refractivity contribution is -0.0664. The largest absolute Gasteiger partial charge is 0.388 e. The predicted octanol–water partition coefficient (Wildman–Crippen LogP) is 3.04. The normalized spacial score (nSPS) is 21.3. The Hall–Kier alpha value is -2.76. The lowest BCUT2D eigenvalue weighted by Gasteiger charge is -2.43. The number of amides is 1. The highest BCUT2D eigenvalue weighted by molar-refractivity contribution is 6.07. The third-order valence-corrected chi connectivity index (χ3v) is 5.53. The van der Waals surface area contributed by atoms with Gasteiger partial charge in [0.15, 0.2) is 0 Å². The third kappa shape index (κ3) is 3.63. The smallest absolute Gasteiger partial charge is 0.252 e. The van der Waals surface area contributed by atoms with E-state index in [4.69, 9.17) is 10.7 Å². The molecular formula is C23H25N3O2. The van der Waals surface area contributed by atoms with Gasteiger partial charge in [-0.3, -0.25) is 4.79 Å². The molecule has 28 heavy (non-hydrogen) atoms. The van der Waals surface area contributed by atoms with Crippen LogP contribution in [0.1, 0.15) is 28.8 Å². The summed E-state index contributed by atoms with van der Waals surface area (Å²) < 4.78 is 0. The second kappa shape index (κ2) is 7.34. The molecule has 1 heterocycles. The van der Waals surface area contributed by atoms with E-state index in [1.54, 1.807) is 0 Å². The van der Waals surface area contributed by atoms with Crippen LogP contribution in [0.15, 0.2) is 54.6 Å². The molecule has 1 fully saturated rings. The first-order valence-corrected chi connectivity index (χ1v) is 9.65. The van der Waals surface area contributed by atoms with Gasteiger partial charge in [0.25, 0.3) is 5.91 Å². The van der Waals surface area contributed by atoms with Gasteiger partial charge < -0.3 is 16.2 Å². The van der Waals surface area contributed by atoms with E-state index in [9.17, 15) is 9.90 Å². The molecule has 2 aromatic carbocycles. The predicted molar refractivity (Wildman–Crippen MR) is 111 cm³/mol. The highest BCUT2D eigenvalue weighted by Gasteiger charge is 2.41. The maximum absolute atomic E-state index is 13.0. The van der Waals surface area contributed by atoms with Crippen molar-refractivity contribution in [3.63, 3.8) is 0 Å². The van der Waals surface area contributed by atoms with Gasteiger partial charge >= 0.3 is 0 Å². The summed E-state index contributed by atoms with van der Waals surface area (Å²) in [4.78, 5) is 17.8. The van der Waals surface area contributed by atoms with Gasteiger partial charge in [-0.15, -0.1) is 0 Å². The van der Waals surface area contributed by atoms with Crippen LogP contribution in [0, 0.1) is 12.8 Å². The van der Waals surface area contributed by atoms with E-state index in [1.807, 2.05) is 61.5 Å². The van der Waals surface area contributed by atoms with Crippen LogP contribution in [0.5, 0.6) is 0 Å². The zero-order valence-electron chi connectivity index (χ0n) is 16.0. The molecule has 0 bridgehead atoms. The average Bonchev–Trinajstić information content (AvgIpc) is 2.69. The number of aryl methyl sites for hydroxylation is 1. The quantitative estimate of drug-likeness (QED) is 0.640. The number of hydrogen-bond donors (Lipinski definition) is 3. The van der Waals surface area contributed by atoms with Crippen LogP contribution >= 0.6 is 0 Å². The number of carbonyl (C=O) groups excluding carboxylic acids is 1. The molecule has 1 aliphatic rings. The molecule has 1 amide bonds. The number of benzene rings is 2. The summed E-state index contributed by atoms with van der Waals surface area (Å²) in [5.74, 6) is 0.149. The van der Waals surface area contributed by atoms with Gasteiger partial charge in [0.05, 0.1) is 22.4 Å². The molecule has 1 saturated carbocycles. The second-order valence-corrected chi connectivity index (χ2v) is 7.86. The summed E-state index contributed by atoms with van der Waals surface area (Å²) in [5.41, 5.74) is 8.94. The van der Waals surface area contributed by atoms with Gasteiger partial charge in [-0.25, -0.2) is 4.98 Å². The number of nitrogens with zero attached hydrogens (tertiary/aromatic N) is 1. The number of pyridine rings is 1. The summed E-state index contributed by atoms with van der Waals surface area (Å²) in [5, 5.41) is 14.3. The van der Waals surface area contributed by atoms with E-state index < -0.39 is 5.60 Å². The molecule has 4 N–H and O–H groups in total. The van der Waals surface area contributed by atoms with Crippen molar-refractivity contribution in [2.45, 2.75) is 25.4 Å². The summed E-state index contributed by atoms with van der Waals surface area (Å²) in [7, 11) is 0. The van der Waals surface area contributed by atoms with Crippen molar-refractivity contribution < 1.29 is 9.90 Å². The van der Waals surface area contributed by atoms with Crippen LogP contribution in [-0.4, -0.2) is 34.7 Å². The van der Waals surface area contributed by atoms with Gasteiger partial charge in [-0.2, -0.15) is 0 Å². The second-order valence-electron chi connectivity index (χ2n) is 7.86. The van der Waals surface area contributed by atoms with E-state index in [2.05, 4.69) is 5.32 Å². The number of hydrogen-bond acceptors (Lipinski definition) is 4. The lowest BCUT2D eigenvalue weighted by Crippen LogP contribution is -2.53. The molecule has 144 valence electrons. The Labute approximate surface area is 164 Å². The SMILES string of the molecule is Cc1ccc2nc(-c3ccccc3)cc(C(=O)NCC3(O)CC(CN)C3)c2c1. The number of aromatic nitrogens is 1. The topological polar surface area (TPSA) is 88.2 Å². The van der Waals surface area contributed by atoms with Crippen molar-refractivity contribution in [1.29, 1.82) is 0 Å². The summed E-state index contributed by atoms with van der Waals surface area (Å²) in [6.45, 7) is 2.81. The zero-order valence-corrected chi connectivity index (χ0v) is 16.0. The molecule has 0 saturated heterocycles. The van der Waals surface area contributed by atoms with Crippen molar-refractivity contribution >= 4 is 16.8 Å². The minimum absolute atomic E-state index is 0.195. The maximum atomic E-state index is 13.0. The van der Waals surface area contributed by atoms with E-state index in [0.717, 1.165) is 27.7 Å². The summed E-state index contributed by atoms with van der Waals surface area (Å²) >= 11 is 0. The summed E-state index contributed by atoms with van der Waals surface area (Å²) in [6.07, 6.45) is 1.27. The molecule has 0 radical (unpaired) electrons. The molecular weight excluding hydrogens is 350 g/mol. The molecule has 0 spiro atoms. The molecule has 5 nitrogen and oxygen atoms in total. The Kier molecular flexibility index (Phi) is 4.87.